The van der Waals surface area contributed by atoms with Gasteiger partial charge in [-0.3, -0.25) is 4.79 Å². The molecule has 0 bridgehead atoms. The number of carbonyl (C=O) groups excluding carboxylic acids is 1. The highest BCUT2D eigenvalue weighted by Crippen LogP contribution is 2.26. The van der Waals surface area contributed by atoms with Crippen molar-refractivity contribution in [3.8, 4) is 5.88 Å². The lowest BCUT2D eigenvalue weighted by Crippen LogP contribution is -2.34. The molecule has 0 unspecified atom stereocenters. The Hall–Kier alpha value is -1.98. The Balaban J connectivity index is 2.91. The third kappa shape index (κ3) is 4.60. The normalized spacial score (nSPS) is 11.1. The number of pyridine rings is 1. The van der Waals surface area contributed by atoms with Gasteiger partial charge < -0.3 is 20.3 Å². The molecule has 0 spiro atoms. The number of likely N-dealkylation sites (N-methyl/N-ethyl adjacent to an activating group) is 2. The molecule has 0 atom stereocenters. The molecule has 1 heterocycles. The van der Waals surface area contributed by atoms with Crippen LogP contribution in [0, 0.1) is 0 Å². The van der Waals surface area contributed by atoms with Crippen LogP contribution in [-0.2, 0) is 4.79 Å². The highest BCUT2D eigenvalue weighted by Gasteiger charge is 2.17. The Bertz CT molecular complexity index is 481. The molecule has 6 nitrogen and oxygen atoms in total. The molecule has 20 heavy (non-hydrogen) atoms. The number of hydrogen-bond acceptors (Lipinski definition) is 5. The zero-order chi connectivity index (χ0) is 15.5. The Morgan fingerprint density at radius 1 is 1.30 bits per heavy atom. The quantitative estimate of drug-likeness (QED) is 0.901. The minimum atomic E-state index is -0.377. The largest absolute Gasteiger partial charge is 0.470 e. The summed E-state index contributed by atoms with van der Waals surface area (Å²) in [6, 6.07) is 3.51. The van der Waals surface area contributed by atoms with Gasteiger partial charge in [-0.25, -0.2) is 0 Å². The number of nitrogens with zero attached hydrogens (tertiary/aromatic N) is 3. The zero-order valence-electron chi connectivity index (χ0n) is 13.1. The van der Waals surface area contributed by atoms with Gasteiger partial charge in [-0.2, -0.15) is 4.98 Å². The van der Waals surface area contributed by atoms with Gasteiger partial charge in [0.15, 0.2) is 0 Å². The van der Waals surface area contributed by atoms with E-state index in [2.05, 4.69) is 4.98 Å². The highest BCUT2D eigenvalue weighted by molar-refractivity contribution is 5.80. The summed E-state index contributed by atoms with van der Waals surface area (Å²) in [5, 5.41) is 0. The van der Waals surface area contributed by atoms with E-state index in [1.54, 1.807) is 43.1 Å². The van der Waals surface area contributed by atoms with E-state index < -0.39 is 0 Å². The van der Waals surface area contributed by atoms with Crippen LogP contribution in [0.1, 0.15) is 20.8 Å². The SMILES string of the molecule is CN(C)C(=O)CN(C)c1ccc(N)c(OC(C)(C)C)n1. The summed E-state index contributed by atoms with van der Waals surface area (Å²) in [5.41, 5.74) is 5.97. The molecule has 0 saturated heterocycles. The maximum Gasteiger partial charge on any atom is 0.241 e. The molecule has 1 rings (SSSR count). The van der Waals surface area contributed by atoms with Gasteiger partial charge >= 0.3 is 0 Å². The van der Waals surface area contributed by atoms with Crippen LogP contribution in [0.4, 0.5) is 11.5 Å². The number of ether oxygens (including phenoxy) is 1. The molecule has 0 fully saturated rings. The molecule has 0 aromatic carbocycles. The maximum atomic E-state index is 11.7. The number of nitrogen functional groups attached to an aromatic ring is 1. The van der Waals surface area contributed by atoms with Crippen molar-refractivity contribution in [2.45, 2.75) is 26.4 Å². The van der Waals surface area contributed by atoms with Crippen LogP contribution in [0.25, 0.3) is 0 Å². The summed E-state index contributed by atoms with van der Waals surface area (Å²) in [7, 11) is 5.25. The molecule has 1 aromatic rings. The number of aromatic nitrogens is 1. The van der Waals surface area contributed by atoms with Crippen molar-refractivity contribution in [1.82, 2.24) is 9.88 Å². The predicted molar refractivity (Wildman–Crippen MR) is 81.0 cm³/mol. The number of anilines is 2. The second-order valence-electron chi connectivity index (χ2n) is 5.92. The molecule has 0 aliphatic rings. The van der Waals surface area contributed by atoms with E-state index in [1.165, 1.54) is 0 Å². The third-order valence-electron chi connectivity index (χ3n) is 2.54. The van der Waals surface area contributed by atoms with Crippen LogP contribution in [-0.4, -0.2) is 49.1 Å². The Labute approximate surface area is 120 Å². The molecule has 2 N–H and O–H groups in total. The number of amides is 1. The third-order valence-corrected chi connectivity index (χ3v) is 2.54. The van der Waals surface area contributed by atoms with Crippen LogP contribution in [0.15, 0.2) is 12.1 Å². The molecule has 0 aliphatic carbocycles. The predicted octanol–water partition coefficient (Wildman–Crippen LogP) is 1.37. The first kappa shape index (κ1) is 16.1. The van der Waals surface area contributed by atoms with Gasteiger partial charge in [0.1, 0.15) is 11.4 Å². The number of nitrogens with two attached hydrogens (primary N) is 1. The van der Waals surface area contributed by atoms with Crippen molar-refractivity contribution < 1.29 is 9.53 Å². The molecule has 1 aromatic heterocycles. The first-order chi connectivity index (χ1) is 9.10. The zero-order valence-corrected chi connectivity index (χ0v) is 13.1. The molecule has 0 aliphatic heterocycles. The topological polar surface area (TPSA) is 71.7 Å². The van der Waals surface area contributed by atoms with E-state index in [0.29, 0.717) is 17.4 Å². The van der Waals surface area contributed by atoms with Crippen molar-refractivity contribution >= 4 is 17.4 Å². The summed E-state index contributed by atoms with van der Waals surface area (Å²) in [4.78, 5) is 19.4. The van der Waals surface area contributed by atoms with Crippen molar-refractivity contribution in [2.24, 2.45) is 0 Å². The highest BCUT2D eigenvalue weighted by atomic mass is 16.5. The maximum absolute atomic E-state index is 11.7. The van der Waals surface area contributed by atoms with Crippen molar-refractivity contribution in [3.05, 3.63) is 12.1 Å². The second-order valence-corrected chi connectivity index (χ2v) is 5.92. The van der Waals surface area contributed by atoms with E-state index in [-0.39, 0.29) is 18.1 Å². The van der Waals surface area contributed by atoms with E-state index in [9.17, 15) is 4.79 Å². The fourth-order valence-corrected chi connectivity index (χ4v) is 1.45. The Morgan fingerprint density at radius 3 is 2.40 bits per heavy atom. The van der Waals surface area contributed by atoms with Crippen LogP contribution in [0.3, 0.4) is 0 Å². The van der Waals surface area contributed by atoms with E-state index in [0.717, 1.165) is 0 Å². The molecule has 6 heteroatoms. The van der Waals surface area contributed by atoms with Gasteiger partial charge in [0.05, 0.1) is 12.2 Å². The summed E-state index contributed by atoms with van der Waals surface area (Å²) < 4.78 is 5.72. The minimum absolute atomic E-state index is 0.00409. The summed E-state index contributed by atoms with van der Waals surface area (Å²) in [6.07, 6.45) is 0. The minimum Gasteiger partial charge on any atom is -0.470 e. The van der Waals surface area contributed by atoms with Crippen molar-refractivity contribution in [2.75, 3.05) is 38.3 Å². The average Bonchev–Trinajstić information content (AvgIpc) is 2.29. The van der Waals surface area contributed by atoms with Gasteiger partial charge in [-0.1, -0.05) is 0 Å². The number of carbonyl (C=O) groups is 1. The lowest BCUT2D eigenvalue weighted by atomic mass is 10.2. The Kier molecular flexibility index (Phi) is 4.81. The fraction of sp³-hybridized carbons (Fsp3) is 0.571. The fourth-order valence-electron chi connectivity index (χ4n) is 1.45. The van der Waals surface area contributed by atoms with E-state index in [1.807, 2.05) is 20.8 Å². The van der Waals surface area contributed by atoms with E-state index >= 15 is 0 Å². The molecule has 112 valence electrons. The molecule has 0 radical (unpaired) electrons. The summed E-state index contributed by atoms with van der Waals surface area (Å²) in [5.74, 6) is 1.04. The van der Waals surface area contributed by atoms with Crippen molar-refractivity contribution in [3.63, 3.8) is 0 Å². The van der Waals surface area contributed by atoms with Gasteiger partial charge in [0.25, 0.3) is 0 Å². The number of rotatable bonds is 4. The summed E-state index contributed by atoms with van der Waals surface area (Å²) >= 11 is 0. The molecule has 1 amide bonds. The van der Waals surface area contributed by atoms with E-state index in [4.69, 9.17) is 10.5 Å². The van der Waals surface area contributed by atoms with Gasteiger partial charge in [-0.05, 0) is 32.9 Å². The Morgan fingerprint density at radius 2 is 1.90 bits per heavy atom. The smallest absolute Gasteiger partial charge is 0.241 e. The van der Waals surface area contributed by atoms with Crippen LogP contribution < -0.4 is 15.4 Å². The van der Waals surface area contributed by atoms with Crippen LogP contribution in [0.5, 0.6) is 5.88 Å². The first-order valence-electron chi connectivity index (χ1n) is 6.47. The second kappa shape index (κ2) is 5.98. The molecular formula is C14H24N4O2. The van der Waals surface area contributed by atoms with Crippen molar-refractivity contribution in [1.29, 1.82) is 0 Å². The van der Waals surface area contributed by atoms with Gasteiger partial charge in [0, 0.05) is 21.1 Å². The lowest BCUT2D eigenvalue weighted by Gasteiger charge is -2.24. The van der Waals surface area contributed by atoms with Crippen LogP contribution >= 0.6 is 0 Å². The lowest BCUT2D eigenvalue weighted by molar-refractivity contribution is -0.127. The first-order valence-corrected chi connectivity index (χ1v) is 6.47. The average molecular weight is 280 g/mol. The van der Waals surface area contributed by atoms with Gasteiger partial charge in [0.2, 0.25) is 11.8 Å². The molecule has 0 saturated carbocycles. The molecular weight excluding hydrogens is 256 g/mol. The summed E-state index contributed by atoms with van der Waals surface area (Å²) in [6.45, 7) is 6.04. The standard InChI is InChI=1S/C14H24N4O2/c1-14(2,3)20-13-10(15)7-8-11(16-13)18(6)9-12(19)17(4)5/h7-8H,9,15H2,1-6H3. The number of hydrogen-bond donors (Lipinski definition) is 1. The van der Waals surface area contributed by atoms with Gasteiger partial charge in [-0.15, -0.1) is 0 Å². The van der Waals surface area contributed by atoms with Crippen LogP contribution in [0.2, 0.25) is 0 Å². The monoisotopic (exact) mass is 280 g/mol.